The Kier molecular flexibility index (Phi) is 3.07. The predicted octanol–water partition coefficient (Wildman–Crippen LogP) is 2.39. The number of benzene rings is 1. The number of hydrazone groups is 1. The lowest BCUT2D eigenvalue weighted by Crippen LogP contribution is -2.23. The van der Waals surface area contributed by atoms with Crippen LogP contribution in [0.1, 0.15) is 19.8 Å². The van der Waals surface area contributed by atoms with E-state index in [0.29, 0.717) is 5.57 Å². The summed E-state index contributed by atoms with van der Waals surface area (Å²) in [6.07, 6.45) is 4.38. The molecule has 1 aromatic carbocycles. The Morgan fingerprint density at radius 1 is 1.16 bits per heavy atom. The number of rotatable bonds is 2. The highest BCUT2D eigenvalue weighted by atomic mass is 16.2. The van der Waals surface area contributed by atoms with Gasteiger partial charge in [-0.25, -0.2) is 0 Å². The fourth-order valence-electron chi connectivity index (χ4n) is 2.46. The third-order valence-electron chi connectivity index (χ3n) is 3.52. The summed E-state index contributed by atoms with van der Waals surface area (Å²) < 4.78 is 0. The van der Waals surface area contributed by atoms with Crippen molar-refractivity contribution in [2.75, 3.05) is 18.1 Å². The van der Waals surface area contributed by atoms with E-state index in [2.05, 4.69) is 10.0 Å². The van der Waals surface area contributed by atoms with E-state index < -0.39 is 0 Å². The van der Waals surface area contributed by atoms with Crippen LogP contribution in [-0.4, -0.2) is 29.6 Å². The topological polar surface area (TPSA) is 35.9 Å². The molecule has 0 atom stereocenters. The monoisotopic (exact) mass is 255 g/mol. The standard InChI is InChI=1S/C15H17N3O/c1-12-14(11-17-9-5-6-10-17)15(19)18(16-12)13-7-3-2-4-8-13/h2-4,7-8,11H,5-6,9-10H2,1H3/b14-11+. The zero-order valence-corrected chi connectivity index (χ0v) is 11.0. The third-order valence-corrected chi connectivity index (χ3v) is 3.52. The molecule has 3 rings (SSSR count). The molecular formula is C15H17N3O. The van der Waals surface area contributed by atoms with Crippen LogP contribution >= 0.6 is 0 Å². The van der Waals surface area contributed by atoms with Crippen LogP contribution in [-0.2, 0) is 4.79 Å². The molecule has 4 nitrogen and oxygen atoms in total. The van der Waals surface area contributed by atoms with Crippen LogP contribution in [0.5, 0.6) is 0 Å². The highest BCUT2D eigenvalue weighted by Crippen LogP contribution is 2.24. The Morgan fingerprint density at radius 2 is 1.84 bits per heavy atom. The summed E-state index contributed by atoms with van der Waals surface area (Å²) >= 11 is 0. The van der Waals surface area contributed by atoms with Crippen molar-refractivity contribution in [2.45, 2.75) is 19.8 Å². The van der Waals surface area contributed by atoms with Crippen molar-refractivity contribution in [3.63, 3.8) is 0 Å². The van der Waals surface area contributed by atoms with E-state index in [9.17, 15) is 4.79 Å². The first kappa shape index (κ1) is 12.0. The van der Waals surface area contributed by atoms with Gasteiger partial charge in [0.2, 0.25) is 0 Å². The van der Waals surface area contributed by atoms with Crippen LogP contribution < -0.4 is 5.01 Å². The predicted molar refractivity (Wildman–Crippen MR) is 75.9 cm³/mol. The Bertz CT molecular complexity index is 542. The van der Waals surface area contributed by atoms with E-state index in [1.807, 2.05) is 43.5 Å². The molecule has 0 aliphatic carbocycles. The van der Waals surface area contributed by atoms with E-state index in [1.165, 1.54) is 17.9 Å². The molecule has 1 fully saturated rings. The smallest absolute Gasteiger partial charge is 0.282 e. The van der Waals surface area contributed by atoms with Gasteiger partial charge in [0.05, 0.1) is 17.0 Å². The lowest BCUT2D eigenvalue weighted by molar-refractivity contribution is -0.114. The number of amides is 1. The number of nitrogens with zero attached hydrogens (tertiary/aromatic N) is 3. The van der Waals surface area contributed by atoms with Gasteiger partial charge in [0, 0.05) is 19.3 Å². The molecule has 0 unspecified atom stereocenters. The molecule has 0 N–H and O–H groups in total. The van der Waals surface area contributed by atoms with Gasteiger partial charge >= 0.3 is 0 Å². The van der Waals surface area contributed by atoms with Crippen LogP contribution in [0.2, 0.25) is 0 Å². The third kappa shape index (κ3) is 2.26. The molecule has 19 heavy (non-hydrogen) atoms. The number of hydrogen-bond donors (Lipinski definition) is 0. The number of carbonyl (C=O) groups excluding carboxylic acids is 1. The average molecular weight is 255 g/mol. The maximum atomic E-state index is 12.4. The molecule has 0 saturated carbocycles. The minimum Gasteiger partial charge on any atom is -0.377 e. The van der Waals surface area contributed by atoms with Gasteiger partial charge in [-0.2, -0.15) is 10.1 Å². The summed E-state index contributed by atoms with van der Waals surface area (Å²) in [5.41, 5.74) is 2.32. The molecule has 1 aromatic rings. The van der Waals surface area contributed by atoms with Gasteiger partial charge in [-0.15, -0.1) is 0 Å². The highest BCUT2D eigenvalue weighted by Gasteiger charge is 2.29. The first-order chi connectivity index (χ1) is 9.25. The Hall–Kier alpha value is -2.10. The van der Waals surface area contributed by atoms with Crippen molar-refractivity contribution >= 4 is 17.3 Å². The average Bonchev–Trinajstić information content (AvgIpc) is 3.03. The molecule has 1 saturated heterocycles. The van der Waals surface area contributed by atoms with Gasteiger partial charge in [0.1, 0.15) is 0 Å². The minimum absolute atomic E-state index is 0.0319. The van der Waals surface area contributed by atoms with Crippen molar-refractivity contribution in [1.82, 2.24) is 4.90 Å². The second-order valence-electron chi connectivity index (χ2n) is 4.92. The van der Waals surface area contributed by atoms with E-state index in [4.69, 9.17) is 0 Å². The van der Waals surface area contributed by atoms with Gasteiger partial charge in [-0.3, -0.25) is 4.79 Å². The molecule has 1 amide bonds. The van der Waals surface area contributed by atoms with Crippen LogP contribution in [0.15, 0.2) is 47.2 Å². The van der Waals surface area contributed by atoms with Gasteiger partial charge in [-0.1, -0.05) is 18.2 Å². The molecule has 2 aliphatic rings. The van der Waals surface area contributed by atoms with Gasteiger partial charge in [0.15, 0.2) is 0 Å². The lowest BCUT2D eigenvalue weighted by Gasteiger charge is -2.14. The molecule has 0 aromatic heterocycles. The second kappa shape index (κ2) is 4.88. The summed E-state index contributed by atoms with van der Waals surface area (Å²) in [6.45, 7) is 3.97. The Balaban J connectivity index is 1.87. The normalized spacial score (nSPS) is 21.4. The molecule has 0 radical (unpaired) electrons. The van der Waals surface area contributed by atoms with E-state index in [0.717, 1.165) is 24.5 Å². The fourth-order valence-corrected chi connectivity index (χ4v) is 2.46. The maximum absolute atomic E-state index is 12.4. The van der Waals surface area contributed by atoms with Crippen LogP contribution in [0.4, 0.5) is 5.69 Å². The SMILES string of the molecule is CC1=NN(c2ccccc2)C(=O)/C1=C/N1CCCC1. The summed E-state index contributed by atoms with van der Waals surface area (Å²) in [5.74, 6) is -0.0319. The molecule has 2 heterocycles. The quantitative estimate of drug-likeness (QED) is 0.761. The Labute approximate surface area is 113 Å². The fraction of sp³-hybridized carbons (Fsp3) is 0.333. The van der Waals surface area contributed by atoms with Crippen molar-refractivity contribution in [2.24, 2.45) is 5.10 Å². The largest absolute Gasteiger partial charge is 0.377 e. The minimum atomic E-state index is -0.0319. The number of anilines is 1. The number of para-hydroxylation sites is 1. The number of carbonyl (C=O) groups is 1. The molecule has 2 aliphatic heterocycles. The van der Waals surface area contributed by atoms with E-state index in [-0.39, 0.29) is 5.91 Å². The van der Waals surface area contributed by atoms with Crippen molar-refractivity contribution in [1.29, 1.82) is 0 Å². The lowest BCUT2D eigenvalue weighted by atomic mass is 10.2. The number of hydrogen-bond acceptors (Lipinski definition) is 3. The number of likely N-dealkylation sites (tertiary alicyclic amines) is 1. The molecule has 0 bridgehead atoms. The highest BCUT2D eigenvalue weighted by molar-refractivity contribution is 6.29. The Morgan fingerprint density at radius 3 is 2.53 bits per heavy atom. The molecular weight excluding hydrogens is 238 g/mol. The first-order valence-corrected chi connectivity index (χ1v) is 6.66. The van der Waals surface area contributed by atoms with Crippen molar-refractivity contribution < 1.29 is 4.79 Å². The molecule has 0 spiro atoms. The summed E-state index contributed by atoms with van der Waals surface area (Å²) in [6, 6.07) is 9.55. The van der Waals surface area contributed by atoms with Gasteiger partial charge in [-0.05, 0) is 31.9 Å². The van der Waals surface area contributed by atoms with Crippen LogP contribution in [0.25, 0.3) is 0 Å². The van der Waals surface area contributed by atoms with Gasteiger partial charge in [0.25, 0.3) is 5.91 Å². The zero-order valence-electron chi connectivity index (χ0n) is 11.0. The van der Waals surface area contributed by atoms with Crippen LogP contribution in [0.3, 0.4) is 0 Å². The van der Waals surface area contributed by atoms with Crippen molar-refractivity contribution in [3.8, 4) is 0 Å². The summed E-state index contributed by atoms with van der Waals surface area (Å²) in [7, 11) is 0. The second-order valence-corrected chi connectivity index (χ2v) is 4.92. The zero-order chi connectivity index (χ0) is 13.2. The van der Waals surface area contributed by atoms with Crippen molar-refractivity contribution in [3.05, 3.63) is 42.1 Å². The summed E-state index contributed by atoms with van der Waals surface area (Å²) in [4.78, 5) is 14.6. The maximum Gasteiger partial charge on any atom is 0.282 e. The molecule has 4 heteroatoms. The summed E-state index contributed by atoms with van der Waals surface area (Å²) in [5, 5.41) is 5.85. The molecule has 98 valence electrons. The first-order valence-electron chi connectivity index (χ1n) is 6.66. The van der Waals surface area contributed by atoms with Gasteiger partial charge < -0.3 is 4.90 Å². The van der Waals surface area contributed by atoms with Crippen LogP contribution in [0, 0.1) is 0 Å². The van der Waals surface area contributed by atoms with E-state index >= 15 is 0 Å². The van der Waals surface area contributed by atoms with E-state index in [1.54, 1.807) is 0 Å².